The molecule has 0 N–H and O–H groups in total. The number of esters is 8. The van der Waals surface area contributed by atoms with Crippen LogP contribution in [0.5, 0.6) is 0 Å². The largest absolute Gasteiger partial charge is 0.456 e. The van der Waals surface area contributed by atoms with Gasteiger partial charge in [0.15, 0.2) is 52.9 Å². The first-order valence-corrected chi connectivity index (χ1v) is 48.5. The molecule has 21 aliphatic heterocycles. The van der Waals surface area contributed by atoms with E-state index in [-0.39, 0.29) is 150 Å². The fraction of sp³-hybridized carbons (Fsp3) is 0.500. The Morgan fingerprint density at radius 3 is 0.278 bits per heavy atom. The molecule has 0 aromatic heterocycles. The van der Waals surface area contributed by atoms with Gasteiger partial charge in [-0.3, -0.25) is 0 Å². The van der Waals surface area contributed by atoms with Crippen LogP contribution in [0.4, 0.5) is 0 Å². The molecule has 8 aromatic rings. The Bertz CT molecular complexity index is 4820. The first-order valence-electron chi connectivity index (χ1n) is 48.5. The van der Waals surface area contributed by atoms with Gasteiger partial charge in [-0.1, -0.05) is 208 Å². The molecule has 768 valence electrons. The molecule has 8 fully saturated rings. The Morgan fingerprint density at radius 2 is 0.201 bits per heavy atom. The summed E-state index contributed by atoms with van der Waals surface area (Å²) in [4.78, 5) is 113. The van der Waals surface area contributed by atoms with Crippen molar-refractivity contribution < 1.29 is 152 Å². The van der Waals surface area contributed by atoms with E-state index >= 15 is 0 Å². The highest BCUT2D eigenvalue weighted by Gasteiger charge is 2.54. The molecule has 16 bridgehead atoms. The first kappa shape index (κ1) is 104. The van der Waals surface area contributed by atoms with Crippen LogP contribution in [0.15, 0.2) is 194 Å². The third-order valence-corrected chi connectivity index (χ3v) is 26.8. The highest BCUT2D eigenvalue weighted by Crippen LogP contribution is 2.49. The van der Waals surface area contributed by atoms with Gasteiger partial charge >= 0.3 is 47.8 Å². The lowest BCUT2D eigenvalue weighted by atomic mass is 9.92. The van der Waals surface area contributed by atoms with E-state index in [0.29, 0.717) is 44.5 Å². The summed E-state index contributed by atoms with van der Waals surface area (Å²) in [5.74, 6) is -18.8. The quantitative estimate of drug-likeness (QED) is 0.100. The molecule has 0 amide bonds. The third kappa shape index (κ3) is 23.1. The van der Waals surface area contributed by atoms with Gasteiger partial charge in [-0.2, -0.15) is 0 Å². The summed E-state index contributed by atoms with van der Waals surface area (Å²) in [5, 5.41) is 0. The Morgan fingerprint density at radius 1 is 0.125 bits per heavy atom. The van der Waals surface area contributed by atoms with Crippen molar-refractivity contribution in [1.29, 1.82) is 0 Å². The monoisotopic (exact) mass is 1980 g/mol. The third-order valence-electron chi connectivity index (χ3n) is 26.8. The summed E-state index contributed by atoms with van der Waals surface area (Å²) in [6.45, 7) is 32.1. The molecule has 0 unspecified atom stereocenters. The molecule has 0 aliphatic carbocycles. The summed E-state index contributed by atoms with van der Waals surface area (Å²) in [5.41, 5.74) is 1.32. The van der Waals surface area contributed by atoms with Crippen molar-refractivity contribution in [2.24, 2.45) is 43.3 Å². The van der Waals surface area contributed by atoms with Gasteiger partial charge < -0.3 is 114 Å². The average molecular weight is 1990 g/mol. The van der Waals surface area contributed by atoms with Crippen LogP contribution in [-0.2, 0) is 160 Å². The lowest BCUT2D eigenvalue weighted by Crippen LogP contribution is -2.49. The highest BCUT2D eigenvalue weighted by molar-refractivity contribution is 5.96. The van der Waals surface area contributed by atoms with Crippen LogP contribution < -0.4 is 0 Å². The molecule has 0 atom stereocenters. The molecule has 0 saturated carbocycles. The van der Waals surface area contributed by atoms with E-state index < -0.39 is 190 Å². The van der Waals surface area contributed by atoms with Gasteiger partial charge in [0.2, 0.25) is 46.3 Å². The van der Waals surface area contributed by atoms with E-state index in [9.17, 15) is 38.4 Å². The van der Waals surface area contributed by atoms with Gasteiger partial charge in [0.25, 0.3) is 0 Å². The SMILES string of the molecule is CC1(C)COC2(COC(=O)c3ccc(cc3)C(=O)OCC3(OCC(C)(C)CO3)c3ccc(cc3)C3(COC(=O)c4ccc(cc4)C(=O)OCC4(OCC(C)(C)CO4)c4ccc(cc4)C4(COC(=O)c5ccc(cc5)C(=O)OCC5(OCC(C)(C)CO5)c5ccc(cc5)C5(COC(=O)c6ccc(cc6)C(=O)OCC6(OCC(C)(C)CO6)c6ccc2cc6)OCC(C)(C)CO5)OCC(C)(C)CO4)OCC(C)(C)CO3)OC1. The highest BCUT2D eigenvalue weighted by atomic mass is 16.8. The van der Waals surface area contributed by atoms with Gasteiger partial charge in [0.1, 0.15) is 0 Å². The lowest BCUT2D eigenvalue weighted by molar-refractivity contribution is -0.321. The second-order valence-electron chi connectivity index (χ2n) is 45.2. The van der Waals surface area contributed by atoms with Crippen molar-refractivity contribution in [1.82, 2.24) is 0 Å². The van der Waals surface area contributed by atoms with Gasteiger partial charge in [0, 0.05) is 87.8 Å². The van der Waals surface area contributed by atoms with Gasteiger partial charge in [-0.25, -0.2) is 38.4 Å². The maximum Gasteiger partial charge on any atom is 0.338 e. The van der Waals surface area contributed by atoms with Gasteiger partial charge in [-0.15, -0.1) is 0 Å². The topological polar surface area (TPSA) is 358 Å². The minimum atomic E-state index is -1.61. The number of carbonyl (C=O) groups is 8. The second-order valence-corrected chi connectivity index (χ2v) is 45.2. The second kappa shape index (κ2) is 40.3. The Balaban J connectivity index is 0.631. The fourth-order valence-electron chi connectivity index (χ4n) is 17.2. The van der Waals surface area contributed by atoms with E-state index in [1.807, 2.05) is 111 Å². The molecule has 32 heteroatoms. The Kier molecular flexibility index (Phi) is 29.2. The number of hydrogen-bond donors (Lipinski definition) is 0. The Hall–Kier alpha value is -11.1. The molecule has 32 nitrogen and oxygen atoms in total. The zero-order chi connectivity index (χ0) is 102. The van der Waals surface area contributed by atoms with Crippen LogP contribution in [0, 0.1) is 43.3 Å². The van der Waals surface area contributed by atoms with Crippen LogP contribution >= 0.6 is 0 Å². The zero-order valence-corrected chi connectivity index (χ0v) is 84.5. The number of carbonyl (C=O) groups excluding carboxylic acids is 8. The maximum absolute atomic E-state index is 14.2. The normalized spacial score (nSPS) is 24.4. The summed E-state index contributed by atoms with van der Waals surface area (Å²) in [6.07, 6.45) is 0. The fourth-order valence-corrected chi connectivity index (χ4v) is 17.2. The van der Waals surface area contributed by atoms with Crippen molar-refractivity contribution in [3.05, 3.63) is 283 Å². The van der Waals surface area contributed by atoms with E-state index in [4.69, 9.17) is 114 Å². The van der Waals surface area contributed by atoms with Crippen LogP contribution in [0.1, 0.15) is 238 Å². The van der Waals surface area contributed by atoms with Crippen LogP contribution in [-0.4, -0.2) is 206 Å². The Labute approximate surface area is 837 Å². The molecule has 144 heavy (non-hydrogen) atoms. The number of rotatable bonds is 0. The average Bonchev–Trinajstić information content (AvgIpc) is 0.768. The zero-order valence-electron chi connectivity index (χ0n) is 84.5. The van der Waals surface area contributed by atoms with Crippen molar-refractivity contribution in [3.63, 3.8) is 0 Å². The molecule has 8 spiro atoms. The van der Waals surface area contributed by atoms with E-state index in [0.717, 1.165) is 0 Å². The minimum Gasteiger partial charge on any atom is -0.456 e. The lowest BCUT2D eigenvalue weighted by Gasteiger charge is -2.44. The van der Waals surface area contributed by atoms with Crippen molar-refractivity contribution in [3.8, 4) is 0 Å². The summed E-state index contributed by atoms with van der Waals surface area (Å²) < 4.78 is 153. The van der Waals surface area contributed by atoms with Crippen LogP contribution in [0.25, 0.3) is 0 Å². The predicted molar refractivity (Wildman–Crippen MR) is 513 cm³/mol. The van der Waals surface area contributed by atoms with Crippen LogP contribution in [0.3, 0.4) is 0 Å². The smallest absolute Gasteiger partial charge is 0.338 e. The molecular weight excluding hydrogens is 1860 g/mol. The summed E-state index contributed by atoms with van der Waals surface area (Å²) >= 11 is 0. The molecular formula is C112H128O32. The molecule has 29 rings (SSSR count). The first-order chi connectivity index (χ1) is 68.1. The van der Waals surface area contributed by atoms with Gasteiger partial charge in [0.05, 0.1) is 150 Å². The van der Waals surface area contributed by atoms with Gasteiger partial charge in [-0.05, 0) is 97.1 Å². The summed E-state index contributed by atoms with van der Waals surface area (Å²) in [7, 11) is 0. The molecule has 8 aromatic carbocycles. The number of ether oxygens (including phenoxy) is 24. The predicted octanol–water partition coefficient (Wildman–Crippen LogP) is 16.7. The maximum atomic E-state index is 14.2. The number of benzene rings is 8. The summed E-state index contributed by atoms with van der Waals surface area (Å²) in [6, 6.07) is 51.0. The van der Waals surface area contributed by atoms with E-state index in [2.05, 4.69) is 0 Å². The number of hydrogen-bond acceptors (Lipinski definition) is 32. The molecule has 21 aliphatic rings. The van der Waals surface area contributed by atoms with E-state index in [1.54, 1.807) is 97.1 Å². The van der Waals surface area contributed by atoms with Crippen molar-refractivity contribution >= 4 is 47.8 Å². The standard InChI is InChI=1S/C112H128O32/c1-97(2)49-129-105(130-50-97)65-121-89(113)73-17-19-74(20-18-73)90(114)123-67-107(133-53-99(5,6)54-134-107)83-37-39-84(40-38-83)109(137-57-101(9,10)58-138-109)69-125-93(117)77-25-27-78(28-26-77)94(118)127-71-111(141-61-103(13,14)62-142-111)87-45-47-88(48-46-87)112(143-63-104(15,16)64-144-112)72-128-96(120)80-31-29-79(30-32-80)95(119)126-70-110(139-59-102(11,12)60-140-110)86-43-41-85(42-44-86)108(135-55-100(7,8)56-136-108)68-124-92(116)76-23-21-75(22-24-76)91(115)122-66-106(82-35-33-81(105)34-36-82)131-51-98(3,4)52-132-106/h17-48H,49-72H2,1-16H3. The molecule has 21 heterocycles. The minimum absolute atomic E-state index is 0.104. The van der Waals surface area contributed by atoms with E-state index in [1.165, 1.54) is 97.1 Å². The van der Waals surface area contributed by atoms with Crippen LogP contribution in [0.2, 0.25) is 0 Å². The molecule has 8 saturated heterocycles. The molecule has 0 radical (unpaired) electrons. The van der Waals surface area contributed by atoms with Crippen molar-refractivity contribution in [2.45, 2.75) is 157 Å². The van der Waals surface area contributed by atoms with Crippen molar-refractivity contribution in [2.75, 3.05) is 159 Å².